The van der Waals surface area contributed by atoms with E-state index in [4.69, 9.17) is 17.3 Å². The van der Waals surface area contributed by atoms with Gasteiger partial charge >= 0.3 is 0 Å². The number of benzene rings is 1. The van der Waals surface area contributed by atoms with Crippen molar-refractivity contribution in [1.82, 2.24) is 9.97 Å². The highest BCUT2D eigenvalue weighted by Crippen LogP contribution is 2.23. The maximum absolute atomic E-state index is 6.06. The predicted octanol–water partition coefficient (Wildman–Crippen LogP) is 2.80. The Morgan fingerprint density at radius 1 is 1.17 bits per heavy atom. The van der Waals surface area contributed by atoms with Crippen molar-refractivity contribution < 1.29 is 0 Å². The minimum absolute atomic E-state index is 0.0479. The van der Waals surface area contributed by atoms with Gasteiger partial charge in [0.2, 0.25) is 0 Å². The quantitative estimate of drug-likeness (QED) is 0.921. The SMILES string of the molecule is C[C@@H](N)[C@@H](Cc1ccc(Cl)cc1)c1cncnc1. The molecule has 0 radical (unpaired) electrons. The van der Waals surface area contributed by atoms with Gasteiger partial charge in [-0.3, -0.25) is 0 Å². The molecule has 0 aliphatic heterocycles. The normalized spacial score (nSPS) is 14.2. The van der Waals surface area contributed by atoms with Crippen LogP contribution < -0.4 is 5.73 Å². The molecule has 0 fully saturated rings. The van der Waals surface area contributed by atoms with Crippen molar-refractivity contribution in [1.29, 1.82) is 0 Å². The molecule has 0 spiro atoms. The average Bonchev–Trinajstić information content (AvgIpc) is 2.38. The van der Waals surface area contributed by atoms with Gasteiger partial charge in [0.15, 0.2) is 0 Å². The van der Waals surface area contributed by atoms with Gasteiger partial charge in [-0.2, -0.15) is 0 Å². The molecule has 2 atom stereocenters. The lowest BCUT2D eigenvalue weighted by atomic mass is 9.88. The van der Waals surface area contributed by atoms with Crippen LogP contribution in [-0.4, -0.2) is 16.0 Å². The summed E-state index contributed by atoms with van der Waals surface area (Å²) in [6.45, 7) is 2.01. The standard InChI is InChI=1S/C14H16ClN3/c1-10(16)14(12-7-17-9-18-8-12)6-11-2-4-13(15)5-3-11/h2-5,7-10,14H,6,16H2,1H3/t10-,14-/m1/s1. The Morgan fingerprint density at radius 2 is 1.78 bits per heavy atom. The van der Waals surface area contributed by atoms with Crippen molar-refractivity contribution >= 4 is 11.6 Å². The monoisotopic (exact) mass is 261 g/mol. The first kappa shape index (κ1) is 13.0. The van der Waals surface area contributed by atoms with Crippen LogP contribution in [0.1, 0.15) is 24.0 Å². The largest absolute Gasteiger partial charge is 0.327 e. The van der Waals surface area contributed by atoms with E-state index in [9.17, 15) is 0 Å². The van der Waals surface area contributed by atoms with E-state index < -0.39 is 0 Å². The first-order chi connectivity index (χ1) is 8.66. The third-order valence-electron chi connectivity index (χ3n) is 3.01. The molecule has 1 aromatic heterocycles. The average molecular weight is 262 g/mol. The van der Waals surface area contributed by atoms with Gasteiger partial charge < -0.3 is 5.73 Å². The van der Waals surface area contributed by atoms with Gasteiger partial charge in [0.05, 0.1) is 0 Å². The van der Waals surface area contributed by atoms with Gasteiger partial charge in [0.25, 0.3) is 0 Å². The van der Waals surface area contributed by atoms with Gasteiger partial charge in [0.1, 0.15) is 6.33 Å². The van der Waals surface area contributed by atoms with E-state index in [1.165, 1.54) is 11.9 Å². The van der Waals surface area contributed by atoms with Gasteiger partial charge in [-0.05, 0) is 36.6 Å². The molecule has 1 aromatic carbocycles. The lowest BCUT2D eigenvalue weighted by Crippen LogP contribution is -2.26. The third kappa shape index (κ3) is 3.28. The van der Waals surface area contributed by atoms with Crippen molar-refractivity contribution in [2.75, 3.05) is 0 Å². The number of hydrogen-bond acceptors (Lipinski definition) is 3. The van der Waals surface area contributed by atoms with Gasteiger partial charge in [0, 0.05) is 29.4 Å². The molecule has 0 saturated heterocycles. The molecule has 2 N–H and O–H groups in total. The van der Waals surface area contributed by atoms with Crippen molar-refractivity contribution in [2.45, 2.75) is 25.3 Å². The molecule has 2 aromatic rings. The van der Waals surface area contributed by atoms with Gasteiger partial charge in [-0.15, -0.1) is 0 Å². The van der Waals surface area contributed by atoms with Crippen LogP contribution in [0.4, 0.5) is 0 Å². The van der Waals surface area contributed by atoms with Crippen LogP contribution in [0.5, 0.6) is 0 Å². The number of hydrogen-bond donors (Lipinski definition) is 1. The van der Waals surface area contributed by atoms with E-state index in [1.807, 2.05) is 43.6 Å². The second kappa shape index (κ2) is 5.94. The van der Waals surface area contributed by atoms with Crippen LogP contribution in [0.15, 0.2) is 43.0 Å². The molecule has 0 amide bonds. The van der Waals surface area contributed by atoms with E-state index in [-0.39, 0.29) is 12.0 Å². The van der Waals surface area contributed by atoms with Crippen LogP contribution in [-0.2, 0) is 6.42 Å². The molecule has 18 heavy (non-hydrogen) atoms. The number of nitrogens with two attached hydrogens (primary N) is 1. The van der Waals surface area contributed by atoms with Crippen LogP contribution in [0.25, 0.3) is 0 Å². The maximum Gasteiger partial charge on any atom is 0.115 e. The highest BCUT2D eigenvalue weighted by molar-refractivity contribution is 6.30. The second-order valence-electron chi connectivity index (χ2n) is 4.47. The van der Waals surface area contributed by atoms with E-state index in [0.29, 0.717) is 0 Å². The summed E-state index contributed by atoms with van der Waals surface area (Å²) in [6.07, 6.45) is 6.06. The molecule has 2 rings (SSSR count). The van der Waals surface area contributed by atoms with E-state index in [1.54, 1.807) is 0 Å². The Hall–Kier alpha value is -1.45. The number of aromatic nitrogens is 2. The summed E-state index contributed by atoms with van der Waals surface area (Å²) in [6, 6.07) is 7.91. The van der Waals surface area contributed by atoms with Crippen molar-refractivity contribution in [3.05, 3.63) is 59.1 Å². The zero-order valence-corrected chi connectivity index (χ0v) is 11.0. The van der Waals surface area contributed by atoms with Crippen molar-refractivity contribution in [3.8, 4) is 0 Å². The minimum Gasteiger partial charge on any atom is -0.327 e. The molecule has 0 aliphatic carbocycles. The summed E-state index contributed by atoms with van der Waals surface area (Å²) in [4.78, 5) is 8.11. The summed E-state index contributed by atoms with van der Waals surface area (Å²) in [5.41, 5.74) is 8.35. The summed E-state index contributed by atoms with van der Waals surface area (Å²) in [5.74, 6) is 0.215. The Kier molecular flexibility index (Phi) is 4.28. The zero-order valence-electron chi connectivity index (χ0n) is 10.3. The Balaban J connectivity index is 2.19. The highest BCUT2D eigenvalue weighted by atomic mass is 35.5. The molecule has 3 nitrogen and oxygen atoms in total. The molecule has 0 saturated carbocycles. The fourth-order valence-corrected chi connectivity index (χ4v) is 2.11. The fraction of sp³-hybridized carbons (Fsp3) is 0.286. The van der Waals surface area contributed by atoms with Gasteiger partial charge in [-0.1, -0.05) is 23.7 Å². The molecule has 94 valence electrons. The number of halogens is 1. The maximum atomic E-state index is 6.06. The molecule has 1 heterocycles. The summed E-state index contributed by atoms with van der Waals surface area (Å²) in [7, 11) is 0. The Labute approximate surface area is 112 Å². The molecule has 0 unspecified atom stereocenters. The number of nitrogens with zero attached hydrogens (tertiary/aromatic N) is 2. The molecular weight excluding hydrogens is 246 g/mol. The van der Waals surface area contributed by atoms with E-state index in [2.05, 4.69) is 9.97 Å². The van der Waals surface area contributed by atoms with E-state index in [0.717, 1.165) is 17.0 Å². The summed E-state index contributed by atoms with van der Waals surface area (Å²) >= 11 is 5.88. The van der Waals surface area contributed by atoms with Crippen LogP contribution >= 0.6 is 11.6 Å². The van der Waals surface area contributed by atoms with E-state index >= 15 is 0 Å². The molecule has 0 aliphatic rings. The molecular formula is C14H16ClN3. The number of rotatable bonds is 4. The minimum atomic E-state index is 0.0479. The topological polar surface area (TPSA) is 51.8 Å². The first-order valence-corrected chi connectivity index (χ1v) is 6.29. The molecule has 0 bridgehead atoms. The summed E-state index contributed by atoms with van der Waals surface area (Å²) < 4.78 is 0. The van der Waals surface area contributed by atoms with Crippen molar-refractivity contribution in [3.63, 3.8) is 0 Å². The predicted molar refractivity (Wildman–Crippen MR) is 73.6 cm³/mol. The van der Waals surface area contributed by atoms with Crippen LogP contribution in [0.3, 0.4) is 0 Å². The Morgan fingerprint density at radius 3 is 2.33 bits per heavy atom. The van der Waals surface area contributed by atoms with Crippen molar-refractivity contribution in [2.24, 2.45) is 5.73 Å². The van der Waals surface area contributed by atoms with Gasteiger partial charge in [-0.25, -0.2) is 9.97 Å². The lowest BCUT2D eigenvalue weighted by Gasteiger charge is -2.20. The third-order valence-corrected chi connectivity index (χ3v) is 3.26. The zero-order chi connectivity index (χ0) is 13.0. The first-order valence-electron chi connectivity index (χ1n) is 5.91. The Bertz CT molecular complexity index is 482. The van der Waals surface area contributed by atoms with Crippen LogP contribution in [0.2, 0.25) is 5.02 Å². The van der Waals surface area contributed by atoms with Crippen LogP contribution in [0, 0.1) is 0 Å². The highest BCUT2D eigenvalue weighted by Gasteiger charge is 2.17. The molecule has 4 heteroatoms. The summed E-state index contributed by atoms with van der Waals surface area (Å²) in [5, 5.41) is 0.749. The fourth-order valence-electron chi connectivity index (χ4n) is 1.98. The smallest absolute Gasteiger partial charge is 0.115 e. The lowest BCUT2D eigenvalue weighted by molar-refractivity contribution is 0.561. The second-order valence-corrected chi connectivity index (χ2v) is 4.90.